The quantitative estimate of drug-likeness (QED) is 0.688. The Kier molecular flexibility index (Phi) is 7.30. The van der Waals surface area contributed by atoms with Gasteiger partial charge in [0.15, 0.2) is 5.12 Å². The molecule has 0 aromatic rings. The van der Waals surface area contributed by atoms with Crippen molar-refractivity contribution < 1.29 is 32.3 Å². The first-order valence-corrected chi connectivity index (χ1v) is 11.4. The van der Waals surface area contributed by atoms with Crippen molar-refractivity contribution in [3.8, 4) is 0 Å². The minimum Gasteiger partial charge on any atom is -0.444 e. The van der Waals surface area contributed by atoms with E-state index in [1.54, 1.807) is 41.5 Å². The molecule has 1 aliphatic heterocycles. The standard InChI is InChI=1S/C17H31N3O7S2/c1-11(21)28-12-9-17(8,19(10-12)13(22)26-15(2,3)4)20(29(18,24)25)14(23)27-16(5,6)7/h12H,9-10H2,1-8H3,(H2,18,24,25)/t12-,17+/m1/s1. The number of thioether (sulfide) groups is 1. The number of carbonyl (C=O) groups excluding carboxylic acids is 3. The fourth-order valence-corrected chi connectivity index (χ4v) is 5.04. The molecule has 0 bridgehead atoms. The van der Waals surface area contributed by atoms with Gasteiger partial charge in [-0.25, -0.2) is 14.7 Å². The molecule has 0 aromatic carbocycles. The highest BCUT2D eigenvalue weighted by Gasteiger charge is 2.56. The minimum atomic E-state index is -4.63. The molecule has 1 fully saturated rings. The second kappa shape index (κ2) is 8.31. The zero-order valence-electron chi connectivity index (χ0n) is 18.1. The first kappa shape index (κ1) is 25.5. The van der Waals surface area contributed by atoms with Crippen LogP contribution in [-0.4, -0.2) is 63.6 Å². The second-order valence-electron chi connectivity index (χ2n) is 9.03. The van der Waals surface area contributed by atoms with Gasteiger partial charge in [-0.2, -0.15) is 12.7 Å². The lowest BCUT2D eigenvalue weighted by Gasteiger charge is -2.42. The number of carbonyl (C=O) groups is 3. The van der Waals surface area contributed by atoms with E-state index in [1.807, 2.05) is 0 Å². The SMILES string of the molecule is CC(=O)S[C@H]1CN(C(=O)OC(C)(C)C)[C@@](C)(N(C(=O)OC(C)(C)C)S(N)(=O)=O)C1. The minimum absolute atomic E-state index is 0.00945. The number of hydrogen-bond acceptors (Lipinski definition) is 8. The van der Waals surface area contributed by atoms with E-state index in [-0.39, 0.29) is 18.1 Å². The second-order valence-corrected chi connectivity index (χ2v) is 11.9. The molecule has 0 radical (unpaired) electrons. The van der Waals surface area contributed by atoms with Crippen LogP contribution in [0.15, 0.2) is 0 Å². The van der Waals surface area contributed by atoms with E-state index in [0.717, 1.165) is 16.7 Å². The summed E-state index contributed by atoms with van der Waals surface area (Å²) in [6.07, 6.45) is -2.07. The van der Waals surface area contributed by atoms with Gasteiger partial charge in [-0.05, 0) is 48.5 Å². The number of nitrogens with zero attached hydrogens (tertiary/aromatic N) is 2. The maximum Gasteiger partial charge on any atom is 0.427 e. The zero-order chi connectivity index (χ0) is 23.0. The van der Waals surface area contributed by atoms with Crippen molar-refractivity contribution in [1.29, 1.82) is 0 Å². The Bertz CT molecular complexity index is 771. The molecule has 10 nitrogen and oxygen atoms in total. The van der Waals surface area contributed by atoms with Crippen LogP contribution < -0.4 is 5.14 Å². The highest BCUT2D eigenvalue weighted by molar-refractivity contribution is 8.14. The third-order valence-corrected chi connectivity index (χ3v) is 5.81. The van der Waals surface area contributed by atoms with Crippen LogP contribution >= 0.6 is 11.8 Å². The number of nitrogens with two attached hydrogens (primary N) is 1. The molecule has 0 spiro atoms. The van der Waals surface area contributed by atoms with Gasteiger partial charge in [0.1, 0.15) is 16.9 Å². The van der Waals surface area contributed by atoms with Crippen LogP contribution in [0.4, 0.5) is 9.59 Å². The van der Waals surface area contributed by atoms with Gasteiger partial charge >= 0.3 is 22.4 Å². The Hall–Kier alpha value is -1.53. The molecule has 168 valence electrons. The van der Waals surface area contributed by atoms with E-state index < -0.39 is 44.5 Å². The third kappa shape index (κ3) is 7.03. The fraction of sp³-hybridized carbons (Fsp3) is 0.824. The van der Waals surface area contributed by atoms with E-state index in [0.29, 0.717) is 4.31 Å². The average molecular weight is 454 g/mol. The molecule has 0 saturated carbocycles. The topological polar surface area (TPSA) is 136 Å². The lowest BCUT2D eigenvalue weighted by atomic mass is 10.1. The molecular weight excluding hydrogens is 422 g/mol. The number of ether oxygens (including phenoxy) is 2. The molecule has 1 saturated heterocycles. The molecule has 0 aromatic heterocycles. The number of amides is 2. The molecule has 0 unspecified atom stereocenters. The monoisotopic (exact) mass is 453 g/mol. The molecule has 1 rings (SSSR count). The number of rotatable bonds is 3. The van der Waals surface area contributed by atoms with Gasteiger partial charge in [0.2, 0.25) is 0 Å². The van der Waals surface area contributed by atoms with Gasteiger partial charge < -0.3 is 9.47 Å². The Morgan fingerprint density at radius 3 is 1.97 bits per heavy atom. The van der Waals surface area contributed by atoms with Crippen LogP contribution in [0.5, 0.6) is 0 Å². The summed E-state index contributed by atoms with van der Waals surface area (Å²) in [4.78, 5) is 38.3. The Labute approximate surface area is 176 Å². The largest absolute Gasteiger partial charge is 0.444 e. The van der Waals surface area contributed by atoms with E-state index >= 15 is 0 Å². The molecule has 2 atom stereocenters. The van der Waals surface area contributed by atoms with Crippen LogP contribution in [0.3, 0.4) is 0 Å². The normalized spacial score (nSPS) is 22.9. The van der Waals surface area contributed by atoms with E-state index in [1.165, 1.54) is 13.8 Å². The van der Waals surface area contributed by atoms with Gasteiger partial charge in [0.05, 0.1) is 0 Å². The van der Waals surface area contributed by atoms with Crippen molar-refractivity contribution in [2.45, 2.75) is 83.9 Å². The predicted molar refractivity (Wildman–Crippen MR) is 109 cm³/mol. The summed E-state index contributed by atoms with van der Waals surface area (Å²) in [5, 5.41) is 4.68. The Morgan fingerprint density at radius 1 is 1.10 bits per heavy atom. The van der Waals surface area contributed by atoms with E-state index in [9.17, 15) is 22.8 Å². The molecule has 2 amide bonds. The number of hydrogen-bond donors (Lipinski definition) is 1. The van der Waals surface area contributed by atoms with E-state index in [4.69, 9.17) is 14.6 Å². The van der Waals surface area contributed by atoms with Crippen molar-refractivity contribution in [3.63, 3.8) is 0 Å². The molecule has 29 heavy (non-hydrogen) atoms. The summed E-state index contributed by atoms with van der Waals surface area (Å²) in [5.41, 5.74) is -3.58. The lowest BCUT2D eigenvalue weighted by Crippen LogP contribution is -2.63. The van der Waals surface area contributed by atoms with Crippen molar-refractivity contribution in [2.24, 2.45) is 5.14 Å². The molecule has 1 heterocycles. The van der Waals surface area contributed by atoms with E-state index in [2.05, 4.69) is 0 Å². The number of likely N-dealkylation sites (tertiary alicyclic amines) is 1. The fourth-order valence-electron chi connectivity index (χ4n) is 2.98. The van der Waals surface area contributed by atoms with Crippen LogP contribution in [0.1, 0.15) is 61.8 Å². The predicted octanol–water partition coefficient (Wildman–Crippen LogP) is 2.43. The van der Waals surface area contributed by atoms with Gasteiger partial charge in [0, 0.05) is 25.1 Å². The van der Waals surface area contributed by atoms with Crippen LogP contribution in [0.2, 0.25) is 0 Å². The van der Waals surface area contributed by atoms with Crippen molar-refractivity contribution in [2.75, 3.05) is 6.54 Å². The molecule has 2 N–H and O–H groups in total. The summed E-state index contributed by atoms with van der Waals surface area (Å²) in [7, 11) is -4.63. The Balaban J connectivity index is 3.46. The van der Waals surface area contributed by atoms with Crippen LogP contribution in [-0.2, 0) is 24.5 Å². The summed E-state index contributed by atoms with van der Waals surface area (Å²) in [6, 6.07) is 0. The van der Waals surface area contributed by atoms with Gasteiger partial charge in [-0.3, -0.25) is 9.69 Å². The first-order valence-electron chi connectivity index (χ1n) is 9.00. The zero-order valence-corrected chi connectivity index (χ0v) is 19.8. The maximum atomic E-state index is 12.8. The molecular formula is C17H31N3O7S2. The van der Waals surface area contributed by atoms with Gasteiger partial charge in [-0.1, -0.05) is 11.8 Å². The first-order chi connectivity index (χ1) is 12.8. The highest BCUT2D eigenvalue weighted by Crippen LogP contribution is 2.40. The summed E-state index contributed by atoms with van der Waals surface area (Å²) < 4.78 is 35.7. The molecule has 0 aliphatic carbocycles. The van der Waals surface area contributed by atoms with Crippen LogP contribution in [0.25, 0.3) is 0 Å². The summed E-state index contributed by atoms with van der Waals surface area (Å²) in [6.45, 7) is 12.4. The van der Waals surface area contributed by atoms with Gasteiger partial charge in [-0.15, -0.1) is 0 Å². The molecule has 1 aliphatic rings. The highest BCUT2D eigenvalue weighted by atomic mass is 32.2. The van der Waals surface area contributed by atoms with Crippen LogP contribution in [0, 0.1) is 0 Å². The average Bonchev–Trinajstić information content (AvgIpc) is 2.68. The summed E-state index contributed by atoms with van der Waals surface area (Å²) >= 11 is 0.954. The summed E-state index contributed by atoms with van der Waals surface area (Å²) in [5.74, 6) is 0. The maximum absolute atomic E-state index is 12.8. The van der Waals surface area contributed by atoms with Crippen molar-refractivity contribution in [3.05, 3.63) is 0 Å². The Morgan fingerprint density at radius 2 is 1.59 bits per heavy atom. The molecule has 12 heteroatoms. The van der Waals surface area contributed by atoms with Crippen molar-refractivity contribution in [1.82, 2.24) is 9.21 Å². The smallest absolute Gasteiger partial charge is 0.427 e. The van der Waals surface area contributed by atoms with Crippen molar-refractivity contribution >= 4 is 39.3 Å². The third-order valence-electron chi connectivity index (χ3n) is 3.78. The van der Waals surface area contributed by atoms with Gasteiger partial charge in [0.25, 0.3) is 0 Å². The lowest BCUT2D eigenvalue weighted by molar-refractivity contribution is -0.109.